The lowest BCUT2D eigenvalue weighted by atomic mass is 9.76. The van der Waals surface area contributed by atoms with Crippen molar-refractivity contribution in [1.29, 1.82) is 0 Å². The number of carbonyl (C=O) groups is 1. The molecule has 0 spiro atoms. The molecule has 0 bridgehead atoms. The number of rotatable bonds is 6. The smallest absolute Gasteiger partial charge is 0.316 e. The molecule has 0 amide bonds. The van der Waals surface area contributed by atoms with E-state index in [0.717, 1.165) is 6.42 Å². The van der Waals surface area contributed by atoms with Crippen LogP contribution in [0.4, 0.5) is 0 Å². The van der Waals surface area contributed by atoms with Gasteiger partial charge in [-0.25, -0.2) is 0 Å². The average Bonchev–Trinajstić information content (AvgIpc) is 2.36. The van der Waals surface area contributed by atoms with E-state index in [9.17, 15) is 15.0 Å². The zero-order valence-corrected chi connectivity index (χ0v) is 12.2. The van der Waals surface area contributed by atoms with Crippen molar-refractivity contribution < 1.29 is 15.0 Å². The van der Waals surface area contributed by atoms with E-state index in [1.807, 2.05) is 24.3 Å². The molecular formula is C16H24O3. The third-order valence-electron chi connectivity index (χ3n) is 3.69. The lowest BCUT2D eigenvalue weighted by Gasteiger charge is -2.30. The highest BCUT2D eigenvalue weighted by Gasteiger charge is 2.41. The normalized spacial score (nSPS) is 16.1. The van der Waals surface area contributed by atoms with Gasteiger partial charge in [-0.1, -0.05) is 45.0 Å². The minimum Gasteiger partial charge on any atom is -0.481 e. The molecule has 1 rings (SSSR count). The maximum atomic E-state index is 11.5. The van der Waals surface area contributed by atoms with E-state index in [1.165, 1.54) is 5.56 Å². The van der Waals surface area contributed by atoms with Gasteiger partial charge in [-0.3, -0.25) is 4.79 Å². The largest absolute Gasteiger partial charge is 0.481 e. The second kappa shape index (κ2) is 6.20. The summed E-state index contributed by atoms with van der Waals surface area (Å²) >= 11 is 0. The molecule has 0 aromatic heterocycles. The molecule has 1 aromatic rings. The average molecular weight is 264 g/mol. The maximum Gasteiger partial charge on any atom is 0.316 e. The molecule has 0 fully saturated rings. The molecule has 0 saturated heterocycles. The Labute approximate surface area is 115 Å². The van der Waals surface area contributed by atoms with Crippen molar-refractivity contribution in [3.63, 3.8) is 0 Å². The Morgan fingerprint density at radius 2 is 1.79 bits per heavy atom. The van der Waals surface area contributed by atoms with Crippen molar-refractivity contribution in [2.75, 3.05) is 0 Å². The van der Waals surface area contributed by atoms with Crippen LogP contribution in [0.25, 0.3) is 0 Å². The molecular weight excluding hydrogens is 240 g/mol. The molecule has 0 aliphatic carbocycles. The Morgan fingerprint density at radius 1 is 1.26 bits per heavy atom. The van der Waals surface area contributed by atoms with Crippen LogP contribution in [0.1, 0.15) is 45.2 Å². The third kappa shape index (κ3) is 3.35. The van der Waals surface area contributed by atoms with Crippen LogP contribution in [0, 0.1) is 5.92 Å². The van der Waals surface area contributed by atoms with Gasteiger partial charge in [0.15, 0.2) is 0 Å². The molecule has 1 aromatic carbocycles. The summed E-state index contributed by atoms with van der Waals surface area (Å²) in [6.07, 6.45) is 0.498. The maximum absolute atomic E-state index is 11.5. The van der Waals surface area contributed by atoms with Crippen LogP contribution in [0.3, 0.4) is 0 Å². The molecule has 0 saturated carbocycles. The second-order valence-corrected chi connectivity index (χ2v) is 5.73. The fourth-order valence-corrected chi connectivity index (χ4v) is 2.33. The highest BCUT2D eigenvalue weighted by atomic mass is 16.4. The molecule has 2 unspecified atom stereocenters. The summed E-state index contributed by atoms with van der Waals surface area (Å²) in [7, 11) is 0. The molecule has 3 nitrogen and oxygen atoms in total. The first-order valence-corrected chi connectivity index (χ1v) is 6.83. The zero-order chi connectivity index (χ0) is 14.6. The molecule has 0 aliphatic rings. The zero-order valence-electron chi connectivity index (χ0n) is 12.2. The Morgan fingerprint density at radius 3 is 2.16 bits per heavy atom. The number of carboxylic acid groups (broad SMARTS) is 1. The third-order valence-corrected chi connectivity index (χ3v) is 3.69. The van der Waals surface area contributed by atoms with E-state index in [-0.39, 0.29) is 0 Å². The highest BCUT2D eigenvalue weighted by Crippen LogP contribution is 2.30. The van der Waals surface area contributed by atoms with Gasteiger partial charge < -0.3 is 10.2 Å². The lowest BCUT2D eigenvalue weighted by Crippen LogP contribution is -2.43. The van der Waals surface area contributed by atoms with Crippen molar-refractivity contribution in [3.05, 3.63) is 35.4 Å². The van der Waals surface area contributed by atoms with Gasteiger partial charge >= 0.3 is 5.97 Å². The molecule has 2 atom stereocenters. The molecule has 3 heteroatoms. The Hall–Kier alpha value is -1.35. The van der Waals surface area contributed by atoms with Crippen molar-refractivity contribution in [3.8, 4) is 0 Å². The topological polar surface area (TPSA) is 57.5 Å². The monoisotopic (exact) mass is 264 g/mol. The van der Waals surface area contributed by atoms with Gasteiger partial charge in [0.05, 0.1) is 6.10 Å². The van der Waals surface area contributed by atoms with Crippen molar-refractivity contribution >= 4 is 5.97 Å². The first kappa shape index (κ1) is 15.7. The summed E-state index contributed by atoms with van der Waals surface area (Å²) in [4.78, 5) is 11.5. The number of benzene rings is 1. The van der Waals surface area contributed by atoms with E-state index in [0.29, 0.717) is 17.9 Å². The van der Waals surface area contributed by atoms with Crippen LogP contribution in [0.2, 0.25) is 0 Å². The summed E-state index contributed by atoms with van der Waals surface area (Å²) in [6.45, 7) is 7.67. The predicted octanol–water partition coefficient (Wildman–Crippen LogP) is 3.00. The molecule has 0 radical (unpaired) electrons. The van der Waals surface area contributed by atoms with Crippen molar-refractivity contribution in [2.45, 2.75) is 52.1 Å². The fraction of sp³-hybridized carbons (Fsp3) is 0.562. The Kier molecular flexibility index (Phi) is 5.12. The first-order chi connectivity index (χ1) is 8.82. The summed E-state index contributed by atoms with van der Waals surface area (Å²) in [5.41, 5.74) is 0.602. The number of aliphatic hydroxyl groups excluding tert-OH is 1. The van der Waals surface area contributed by atoms with E-state index < -0.39 is 17.5 Å². The van der Waals surface area contributed by atoms with Gasteiger partial charge in [-0.15, -0.1) is 0 Å². The molecule has 106 valence electrons. The van der Waals surface area contributed by atoms with Crippen LogP contribution < -0.4 is 0 Å². The summed E-state index contributed by atoms with van der Waals surface area (Å²) in [6, 6.07) is 7.56. The molecule has 19 heavy (non-hydrogen) atoms. The molecule has 0 heterocycles. The SMILES string of the molecule is CCC(O)C(C)(C(=O)O)c1ccc(CC(C)C)cc1. The second-order valence-electron chi connectivity index (χ2n) is 5.73. The number of carboxylic acids is 1. The van der Waals surface area contributed by atoms with Crippen LogP contribution in [0.5, 0.6) is 0 Å². The van der Waals surface area contributed by atoms with E-state index >= 15 is 0 Å². The Bertz CT molecular complexity index is 422. The minimum atomic E-state index is -1.24. The first-order valence-electron chi connectivity index (χ1n) is 6.83. The van der Waals surface area contributed by atoms with E-state index in [2.05, 4.69) is 13.8 Å². The summed E-state index contributed by atoms with van der Waals surface area (Å²) in [5, 5.41) is 19.5. The highest BCUT2D eigenvalue weighted by molar-refractivity contribution is 5.81. The number of aliphatic carboxylic acids is 1. The van der Waals surface area contributed by atoms with Gasteiger partial charge in [0.25, 0.3) is 0 Å². The number of aliphatic hydroxyl groups is 1. The standard InChI is InChI=1S/C16H24O3/c1-5-14(17)16(4,15(18)19)13-8-6-12(7-9-13)10-11(2)3/h6-9,11,14,17H,5,10H2,1-4H3,(H,18,19). The van der Waals surface area contributed by atoms with Gasteiger partial charge in [0, 0.05) is 0 Å². The fourth-order valence-electron chi connectivity index (χ4n) is 2.33. The Balaban J connectivity index is 3.08. The van der Waals surface area contributed by atoms with E-state index in [4.69, 9.17) is 0 Å². The van der Waals surface area contributed by atoms with Gasteiger partial charge in [-0.05, 0) is 36.8 Å². The van der Waals surface area contributed by atoms with Crippen LogP contribution in [0.15, 0.2) is 24.3 Å². The lowest BCUT2D eigenvalue weighted by molar-refractivity contribution is -0.148. The van der Waals surface area contributed by atoms with Gasteiger partial charge in [-0.2, -0.15) is 0 Å². The summed E-state index contributed by atoms with van der Waals surface area (Å²) < 4.78 is 0. The van der Waals surface area contributed by atoms with E-state index in [1.54, 1.807) is 13.8 Å². The quantitative estimate of drug-likeness (QED) is 0.830. The van der Waals surface area contributed by atoms with Gasteiger partial charge in [0.1, 0.15) is 5.41 Å². The predicted molar refractivity (Wildman–Crippen MR) is 76.3 cm³/mol. The molecule has 0 aliphatic heterocycles. The minimum absolute atomic E-state index is 0.413. The molecule has 2 N–H and O–H groups in total. The number of hydrogen-bond acceptors (Lipinski definition) is 2. The van der Waals surface area contributed by atoms with Gasteiger partial charge in [0.2, 0.25) is 0 Å². The van der Waals surface area contributed by atoms with Crippen LogP contribution in [-0.4, -0.2) is 22.3 Å². The van der Waals surface area contributed by atoms with Crippen LogP contribution >= 0.6 is 0 Å². The van der Waals surface area contributed by atoms with Crippen LogP contribution in [-0.2, 0) is 16.6 Å². The van der Waals surface area contributed by atoms with Crippen molar-refractivity contribution in [1.82, 2.24) is 0 Å². The summed E-state index contributed by atoms with van der Waals surface area (Å²) in [5.74, 6) is -0.420. The number of hydrogen-bond donors (Lipinski definition) is 2. The van der Waals surface area contributed by atoms with Crippen molar-refractivity contribution in [2.24, 2.45) is 5.92 Å².